The van der Waals surface area contributed by atoms with Crippen LogP contribution in [0.4, 0.5) is 0 Å². The number of amides is 1. The molecule has 8 heteroatoms. The summed E-state index contributed by atoms with van der Waals surface area (Å²) in [5.41, 5.74) is 5.74. The minimum absolute atomic E-state index is 0.0786. The van der Waals surface area contributed by atoms with Crippen molar-refractivity contribution >= 4 is 29.1 Å². The third-order valence-electron chi connectivity index (χ3n) is 3.79. The van der Waals surface area contributed by atoms with Gasteiger partial charge in [-0.3, -0.25) is 4.79 Å². The highest BCUT2D eigenvalue weighted by Gasteiger charge is 2.41. The Hall–Kier alpha value is -2.35. The minimum atomic E-state index is -1.01. The van der Waals surface area contributed by atoms with E-state index in [2.05, 4.69) is 10.3 Å². The molecule has 1 aromatic rings. The highest BCUT2D eigenvalue weighted by atomic mass is 32.1. The van der Waals surface area contributed by atoms with Crippen LogP contribution in [-0.2, 0) is 11.2 Å². The van der Waals surface area contributed by atoms with Crippen LogP contribution < -0.4 is 25.3 Å². The second-order valence-electron chi connectivity index (χ2n) is 5.30. The second kappa shape index (κ2) is 6.41. The van der Waals surface area contributed by atoms with Crippen molar-refractivity contribution in [3.05, 3.63) is 17.7 Å². The van der Waals surface area contributed by atoms with Gasteiger partial charge in [0.2, 0.25) is 16.8 Å². The summed E-state index contributed by atoms with van der Waals surface area (Å²) < 4.78 is 15.9. The van der Waals surface area contributed by atoms with Gasteiger partial charge in [-0.1, -0.05) is 0 Å². The molecule has 0 aliphatic carbocycles. The molecule has 1 aliphatic heterocycles. The fraction of sp³-hybridized carbons (Fsp3) is 0.400. The molecule has 0 saturated carbocycles. The van der Waals surface area contributed by atoms with E-state index >= 15 is 0 Å². The Morgan fingerprint density at radius 3 is 2.22 bits per heavy atom. The van der Waals surface area contributed by atoms with Gasteiger partial charge in [-0.15, -0.1) is 0 Å². The van der Waals surface area contributed by atoms with Crippen molar-refractivity contribution in [1.29, 1.82) is 0 Å². The Morgan fingerprint density at radius 1 is 1.22 bits per heavy atom. The molecule has 1 unspecified atom stereocenters. The van der Waals surface area contributed by atoms with Crippen molar-refractivity contribution in [3.8, 4) is 17.2 Å². The SMILES string of the molecule is COc1cc(CC2(C)C(=O)NC(=S)N=C2N)cc(OC)c1OC. The highest BCUT2D eigenvalue weighted by molar-refractivity contribution is 7.80. The lowest BCUT2D eigenvalue weighted by Gasteiger charge is -2.31. The lowest BCUT2D eigenvalue weighted by molar-refractivity contribution is -0.125. The number of nitrogens with two attached hydrogens (primary N) is 1. The van der Waals surface area contributed by atoms with Crippen LogP contribution in [0.5, 0.6) is 17.2 Å². The Kier molecular flexibility index (Phi) is 4.74. The summed E-state index contributed by atoms with van der Waals surface area (Å²) in [5, 5.41) is 2.62. The standard InChI is InChI=1S/C15H19N3O4S/c1-15(12(16)17-14(23)18-13(15)19)7-8-5-9(20-2)11(22-4)10(6-8)21-3/h5-6H,7H2,1-4H3,(H3,16,17,18,19,23). The summed E-state index contributed by atoms with van der Waals surface area (Å²) in [6.45, 7) is 1.71. The number of hydrogen-bond acceptors (Lipinski definition) is 6. The van der Waals surface area contributed by atoms with Crippen molar-refractivity contribution in [1.82, 2.24) is 5.32 Å². The summed E-state index contributed by atoms with van der Waals surface area (Å²) in [6.07, 6.45) is 0.313. The van der Waals surface area contributed by atoms with Crippen LogP contribution in [-0.4, -0.2) is 38.2 Å². The van der Waals surface area contributed by atoms with Crippen LogP contribution in [0.3, 0.4) is 0 Å². The molecule has 124 valence electrons. The average molecular weight is 337 g/mol. The van der Waals surface area contributed by atoms with E-state index in [-0.39, 0.29) is 16.9 Å². The number of benzene rings is 1. The summed E-state index contributed by atoms with van der Waals surface area (Å²) in [5.74, 6) is 1.39. The van der Waals surface area contributed by atoms with Gasteiger partial charge < -0.3 is 25.3 Å². The molecule has 0 saturated heterocycles. The van der Waals surface area contributed by atoms with Crippen molar-refractivity contribution in [2.24, 2.45) is 16.1 Å². The first-order valence-corrected chi connectivity index (χ1v) is 7.25. The van der Waals surface area contributed by atoms with Crippen molar-refractivity contribution in [2.45, 2.75) is 13.3 Å². The minimum Gasteiger partial charge on any atom is -0.493 e. The maximum Gasteiger partial charge on any atom is 0.240 e. The van der Waals surface area contributed by atoms with Gasteiger partial charge in [0.1, 0.15) is 11.3 Å². The smallest absolute Gasteiger partial charge is 0.240 e. The van der Waals surface area contributed by atoms with Gasteiger partial charge in [0.15, 0.2) is 11.5 Å². The van der Waals surface area contributed by atoms with Gasteiger partial charge in [0.25, 0.3) is 0 Å². The maximum atomic E-state index is 12.3. The Bertz CT molecular complexity index is 664. The van der Waals surface area contributed by atoms with E-state index < -0.39 is 5.41 Å². The first kappa shape index (κ1) is 17.0. The van der Waals surface area contributed by atoms with E-state index in [9.17, 15) is 4.79 Å². The van der Waals surface area contributed by atoms with E-state index in [1.165, 1.54) is 21.3 Å². The number of nitrogens with zero attached hydrogens (tertiary/aromatic N) is 1. The zero-order valence-corrected chi connectivity index (χ0v) is 14.2. The van der Waals surface area contributed by atoms with Crippen LogP contribution in [0, 0.1) is 5.41 Å². The zero-order chi connectivity index (χ0) is 17.2. The molecule has 3 N–H and O–H groups in total. The number of rotatable bonds is 5. The zero-order valence-electron chi connectivity index (χ0n) is 13.4. The number of carbonyl (C=O) groups excluding carboxylic acids is 1. The van der Waals surface area contributed by atoms with E-state index in [4.69, 9.17) is 32.2 Å². The lowest BCUT2D eigenvalue weighted by atomic mass is 9.80. The number of amidine groups is 1. The van der Waals surface area contributed by atoms with Gasteiger partial charge in [-0.2, -0.15) is 0 Å². The number of ether oxygens (including phenoxy) is 3. The fourth-order valence-corrected chi connectivity index (χ4v) is 2.62. The van der Waals surface area contributed by atoms with Crippen LogP contribution in [0.2, 0.25) is 0 Å². The molecule has 0 aromatic heterocycles. The number of carbonyl (C=O) groups is 1. The molecule has 1 aromatic carbocycles. The number of methoxy groups -OCH3 is 3. The van der Waals surface area contributed by atoms with Crippen molar-refractivity contribution in [3.63, 3.8) is 0 Å². The molecule has 1 heterocycles. The molecular weight excluding hydrogens is 318 g/mol. The first-order chi connectivity index (χ1) is 10.8. The fourth-order valence-electron chi connectivity index (χ4n) is 2.43. The lowest BCUT2D eigenvalue weighted by Crippen LogP contribution is -2.54. The molecular formula is C15H19N3O4S. The molecule has 7 nitrogen and oxygen atoms in total. The normalized spacial score (nSPS) is 20.6. The molecule has 0 fully saturated rings. The predicted octanol–water partition coefficient (Wildman–Crippen LogP) is 1.03. The Labute approximate surface area is 139 Å². The predicted molar refractivity (Wildman–Crippen MR) is 90.3 cm³/mol. The summed E-state index contributed by atoms with van der Waals surface area (Å²) in [6, 6.07) is 3.56. The highest BCUT2D eigenvalue weighted by Crippen LogP contribution is 2.40. The van der Waals surface area contributed by atoms with E-state index in [0.29, 0.717) is 23.7 Å². The second-order valence-corrected chi connectivity index (χ2v) is 5.69. The summed E-state index contributed by atoms with van der Waals surface area (Å²) >= 11 is 4.88. The number of thiocarbonyl (C=S) groups is 1. The van der Waals surface area contributed by atoms with Gasteiger partial charge in [0, 0.05) is 0 Å². The van der Waals surface area contributed by atoms with Crippen LogP contribution >= 0.6 is 12.2 Å². The Balaban J connectivity index is 2.45. The largest absolute Gasteiger partial charge is 0.493 e. The molecule has 0 bridgehead atoms. The monoisotopic (exact) mass is 337 g/mol. The third-order valence-corrected chi connectivity index (χ3v) is 3.98. The molecule has 1 aliphatic rings. The topological polar surface area (TPSA) is 95.2 Å². The molecule has 0 spiro atoms. The summed E-state index contributed by atoms with van der Waals surface area (Å²) in [4.78, 5) is 16.3. The number of aliphatic imine (C=N–C) groups is 1. The maximum absolute atomic E-state index is 12.3. The van der Waals surface area contributed by atoms with E-state index in [0.717, 1.165) is 5.56 Å². The van der Waals surface area contributed by atoms with Crippen LogP contribution in [0.25, 0.3) is 0 Å². The quantitative estimate of drug-likeness (QED) is 0.779. The van der Waals surface area contributed by atoms with E-state index in [1.807, 2.05) is 0 Å². The van der Waals surface area contributed by atoms with Crippen LogP contribution in [0.15, 0.2) is 17.1 Å². The molecule has 1 atom stereocenters. The van der Waals surface area contributed by atoms with Crippen LogP contribution in [0.1, 0.15) is 12.5 Å². The molecule has 23 heavy (non-hydrogen) atoms. The summed E-state index contributed by atoms with van der Waals surface area (Å²) in [7, 11) is 4.59. The first-order valence-electron chi connectivity index (χ1n) is 6.84. The molecule has 1 amide bonds. The number of hydrogen-bond donors (Lipinski definition) is 2. The van der Waals surface area contributed by atoms with Crippen molar-refractivity contribution < 1.29 is 19.0 Å². The van der Waals surface area contributed by atoms with Crippen molar-refractivity contribution in [2.75, 3.05) is 21.3 Å². The third kappa shape index (κ3) is 3.07. The van der Waals surface area contributed by atoms with Gasteiger partial charge in [-0.05, 0) is 43.3 Å². The van der Waals surface area contributed by atoms with Gasteiger partial charge >= 0.3 is 0 Å². The van der Waals surface area contributed by atoms with E-state index in [1.54, 1.807) is 19.1 Å². The molecule has 0 radical (unpaired) electrons. The Morgan fingerprint density at radius 2 is 1.78 bits per heavy atom. The number of nitrogens with one attached hydrogen (secondary N) is 1. The molecule has 2 rings (SSSR count). The average Bonchev–Trinajstić information content (AvgIpc) is 2.51. The van der Waals surface area contributed by atoms with Gasteiger partial charge in [0.05, 0.1) is 21.3 Å². The van der Waals surface area contributed by atoms with Gasteiger partial charge in [-0.25, -0.2) is 4.99 Å².